The maximum atomic E-state index is 9.22. The van der Waals surface area contributed by atoms with Crippen LogP contribution in [0.3, 0.4) is 0 Å². The molecule has 1 aromatic carbocycles. The molecule has 0 radical (unpaired) electrons. The predicted molar refractivity (Wildman–Crippen MR) is 71.4 cm³/mol. The van der Waals surface area contributed by atoms with Gasteiger partial charge in [-0.2, -0.15) is 0 Å². The van der Waals surface area contributed by atoms with Gasteiger partial charge in [-0.1, -0.05) is 36.9 Å². The van der Waals surface area contributed by atoms with Crippen molar-refractivity contribution in [2.45, 2.75) is 19.4 Å². The number of nitrogens with zero attached hydrogens (tertiary/aromatic N) is 1. The van der Waals surface area contributed by atoms with Gasteiger partial charge in [0.2, 0.25) is 0 Å². The van der Waals surface area contributed by atoms with Gasteiger partial charge >= 0.3 is 0 Å². The molecule has 0 aliphatic carbocycles. The Kier molecular flexibility index (Phi) is 3.97. The fraction of sp³-hybridized carbons (Fsp3) is 0.467. The highest BCUT2D eigenvalue weighted by atomic mass is 16.3. The summed E-state index contributed by atoms with van der Waals surface area (Å²) in [5, 5.41) is 9.22. The molecule has 2 heteroatoms. The molecule has 0 atom stereocenters. The lowest BCUT2D eigenvalue weighted by molar-refractivity contribution is -0.929. The van der Waals surface area contributed by atoms with E-state index in [-0.39, 0.29) is 0 Å². The van der Waals surface area contributed by atoms with Crippen LogP contribution in [0.4, 0.5) is 0 Å². The van der Waals surface area contributed by atoms with E-state index in [1.807, 2.05) is 6.08 Å². The third kappa shape index (κ3) is 2.96. The number of aliphatic hydroxyl groups excluding tert-OH is 1. The van der Waals surface area contributed by atoms with E-state index in [0.29, 0.717) is 6.61 Å². The van der Waals surface area contributed by atoms with Gasteiger partial charge in [0.05, 0.1) is 19.7 Å². The number of aliphatic hydroxyl groups is 1. The van der Waals surface area contributed by atoms with E-state index in [9.17, 15) is 5.11 Å². The van der Waals surface area contributed by atoms with Crippen molar-refractivity contribution in [3.8, 4) is 0 Å². The summed E-state index contributed by atoms with van der Waals surface area (Å²) in [5.74, 6) is 0. The van der Waals surface area contributed by atoms with E-state index in [4.69, 9.17) is 0 Å². The Hall–Kier alpha value is -1.12. The van der Waals surface area contributed by atoms with E-state index in [1.54, 1.807) is 0 Å². The Morgan fingerprint density at radius 3 is 2.35 bits per heavy atom. The number of likely N-dealkylation sites (tertiary alicyclic amines) is 1. The maximum Gasteiger partial charge on any atom is 0.104 e. The summed E-state index contributed by atoms with van der Waals surface area (Å²) >= 11 is 0. The van der Waals surface area contributed by atoms with Crippen molar-refractivity contribution in [1.82, 2.24) is 0 Å². The molecule has 0 saturated carbocycles. The van der Waals surface area contributed by atoms with Gasteiger partial charge in [0.15, 0.2) is 0 Å². The van der Waals surface area contributed by atoms with Crippen molar-refractivity contribution < 1.29 is 9.59 Å². The summed E-state index contributed by atoms with van der Waals surface area (Å²) in [6, 6.07) is 8.61. The Bertz CT molecular complexity index is 363. The summed E-state index contributed by atoms with van der Waals surface area (Å²) in [6.45, 7) is 8.44. The molecule has 1 aliphatic rings. The van der Waals surface area contributed by atoms with Crippen LogP contribution in [0.5, 0.6) is 0 Å². The molecule has 0 aromatic heterocycles. The van der Waals surface area contributed by atoms with Crippen molar-refractivity contribution in [3.05, 3.63) is 42.0 Å². The van der Waals surface area contributed by atoms with E-state index >= 15 is 0 Å². The first-order valence-electron chi connectivity index (χ1n) is 6.45. The lowest BCUT2D eigenvalue weighted by atomic mass is 10.1. The zero-order chi connectivity index (χ0) is 12.1. The number of benzene rings is 1. The zero-order valence-corrected chi connectivity index (χ0v) is 10.4. The van der Waals surface area contributed by atoms with Gasteiger partial charge in [0, 0.05) is 18.4 Å². The van der Waals surface area contributed by atoms with Crippen molar-refractivity contribution in [2.75, 3.05) is 26.2 Å². The number of hydrogen-bond donors (Lipinski definition) is 1. The first-order chi connectivity index (χ1) is 8.28. The molecule has 92 valence electrons. The standard InChI is InChI=1S/C15H22NO/c1-2-14-5-7-15(8-6-14)13-16(11-12-17)9-3-4-10-16/h2,5-8,17H,1,3-4,9-13H2/q+1. The van der Waals surface area contributed by atoms with Gasteiger partial charge in [-0.3, -0.25) is 0 Å². The third-order valence-corrected chi connectivity index (χ3v) is 3.82. The highest BCUT2D eigenvalue weighted by Crippen LogP contribution is 2.23. The fourth-order valence-corrected chi connectivity index (χ4v) is 2.83. The van der Waals surface area contributed by atoms with Crippen LogP contribution in [0.2, 0.25) is 0 Å². The first-order valence-corrected chi connectivity index (χ1v) is 6.45. The van der Waals surface area contributed by atoms with Crippen LogP contribution in [0, 0.1) is 0 Å². The van der Waals surface area contributed by atoms with Gasteiger partial charge in [0.1, 0.15) is 13.1 Å². The average Bonchev–Trinajstić information content (AvgIpc) is 2.79. The summed E-state index contributed by atoms with van der Waals surface area (Å²) < 4.78 is 1.06. The second-order valence-electron chi connectivity index (χ2n) is 5.05. The Balaban J connectivity index is 2.08. The molecule has 1 aliphatic heterocycles. The van der Waals surface area contributed by atoms with E-state index in [2.05, 4.69) is 30.8 Å². The maximum absolute atomic E-state index is 9.22. The predicted octanol–water partition coefficient (Wildman–Crippen LogP) is 2.43. The van der Waals surface area contributed by atoms with Crippen LogP contribution < -0.4 is 0 Å². The normalized spacial score (nSPS) is 18.2. The number of quaternary nitrogens is 1. The molecule has 0 amide bonds. The molecular formula is C15H22NO+. The summed E-state index contributed by atoms with van der Waals surface area (Å²) in [5.41, 5.74) is 2.54. The summed E-state index contributed by atoms with van der Waals surface area (Å²) in [7, 11) is 0. The van der Waals surface area contributed by atoms with Crippen LogP contribution >= 0.6 is 0 Å². The molecule has 1 aromatic rings. The highest BCUT2D eigenvalue weighted by molar-refractivity contribution is 5.47. The van der Waals surface area contributed by atoms with Crippen molar-refractivity contribution in [3.63, 3.8) is 0 Å². The van der Waals surface area contributed by atoms with Crippen LogP contribution in [0.25, 0.3) is 6.08 Å². The quantitative estimate of drug-likeness (QED) is 0.773. The second-order valence-corrected chi connectivity index (χ2v) is 5.05. The lowest BCUT2D eigenvalue weighted by Crippen LogP contribution is -2.46. The molecule has 0 unspecified atom stereocenters. The van der Waals surface area contributed by atoms with Crippen LogP contribution in [-0.2, 0) is 6.54 Å². The van der Waals surface area contributed by atoms with Gasteiger partial charge in [-0.25, -0.2) is 0 Å². The van der Waals surface area contributed by atoms with E-state index in [0.717, 1.165) is 17.6 Å². The van der Waals surface area contributed by atoms with Gasteiger partial charge in [-0.15, -0.1) is 0 Å². The van der Waals surface area contributed by atoms with Gasteiger partial charge in [-0.05, 0) is 5.56 Å². The third-order valence-electron chi connectivity index (χ3n) is 3.82. The largest absolute Gasteiger partial charge is 0.391 e. The SMILES string of the molecule is C=Cc1ccc(C[N+]2(CCO)CCCC2)cc1. The summed E-state index contributed by atoms with van der Waals surface area (Å²) in [4.78, 5) is 0. The lowest BCUT2D eigenvalue weighted by Gasteiger charge is -2.33. The molecule has 1 heterocycles. The van der Waals surface area contributed by atoms with E-state index in [1.165, 1.54) is 37.1 Å². The number of hydrogen-bond acceptors (Lipinski definition) is 1. The Morgan fingerprint density at radius 2 is 1.82 bits per heavy atom. The Morgan fingerprint density at radius 1 is 1.18 bits per heavy atom. The van der Waals surface area contributed by atoms with Gasteiger partial charge in [0.25, 0.3) is 0 Å². The molecular weight excluding hydrogens is 210 g/mol. The molecule has 1 saturated heterocycles. The monoisotopic (exact) mass is 232 g/mol. The van der Waals surface area contributed by atoms with Crippen LogP contribution in [0.1, 0.15) is 24.0 Å². The zero-order valence-electron chi connectivity index (χ0n) is 10.4. The molecule has 17 heavy (non-hydrogen) atoms. The minimum atomic E-state index is 0.296. The first kappa shape index (κ1) is 12.3. The molecule has 2 rings (SSSR count). The van der Waals surface area contributed by atoms with Gasteiger partial charge < -0.3 is 9.59 Å². The highest BCUT2D eigenvalue weighted by Gasteiger charge is 2.31. The van der Waals surface area contributed by atoms with Crippen molar-refractivity contribution in [2.24, 2.45) is 0 Å². The molecule has 0 spiro atoms. The number of rotatable bonds is 5. The topological polar surface area (TPSA) is 20.2 Å². The minimum Gasteiger partial charge on any atom is -0.391 e. The smallest absolute Gasteiger partial charge is 0.104 e. The fourth-order valence-electron chi connectivity index (χ4n) is 2.83. The van der Waals surface area contributed by atoms with Crippen LogP contribution in [0.15, 0.2) is 30.8 Å². The van der Waals surface area contributed by atoms with Crippen molar-refractivity contribution in [1.29, 1.82) is 0 Å². The van der Waals surface area contributed by atoms with Crippen molar-refractivity contribution >= 4 is 6.08 Å². The molecule has 2 nitrogen and oxygen atoms in total. The molecule has 0 bridgehead atoms. The Labute approximate surface area is 104 Å². The second kappa shape index (κ2) is 5.48. The van der Waals surface area contributed by atoms with E-state index < -0.39 is 0 Å². The molecule has 1 fully saturated rings. The average molecular weight is 232 g/mol. The van der Waals surface area contributed by atoms with Crippen LogP contribution in [-0.4, -0.2) is 35.8 Å². The summed E-state index contributed by atoms with van der Waals surface area (Å²) in [6.07, 6.45) is 4.47. The molecule has 1 N–H and O–H groups in total. The minimum absolute atomic E-state index is 0.296.